The van der Waals surface area contributed by atoms with Crippen molar-refractivity contribution in [1.82, 2.24) is 0 Å². The predicted molar refractivity (Wildman–Crippen MR) is 285 cm³/mol. The number of hydrogen-bond donors (Lipinski definition) is 0. The normalized spacial score (nSPS) is 12.6. The number of hydrogen-bond acceptors (Lipinski definition) is 2. The van der Waals surface area contributed by atoms with Crippen molar-refractivity contribution in [3.05, 3.63) is 283 Å². The van der Waals surface area contributed by atoms with Gasteiger partial charge in [-0.05, 0) is 115 Å². The molecule has 1 nitrogen and oxygen atoms in total. The Hall–Kier alpha value is -8.30. The van der Waals surface area contributed by atoms with Crippen molar-refractivity contribution < 1.29 is 0 Å². The number of para-hydroxylation sites is 1. The largest absolute Gasteiger partial charge is 0.309 e. The molecule has 0 saturated carbocycles. The van der Waals surface area contributed by atoms with Gasteiger partial charge in [-0.15, -0.1) is 11.3 Å². The summed E-state index contributed by atoms with van der Waals surface area (Å²) in [7, 11) is 0. The lowest BCUT2D eigenvalue weighted by atomic mass is 9.68. The minimum Gasteiger partial charge on any atom is -0.309 e. The maximum absolute atomic E-state index is 2.52. The van der Waals surface area contributed by atoms with E-state index in [1.807, 2.05) is 11.3 Å². The number of thiophene rings is 1. The Morgan fingerprint density at radius 2 is 0.866 bits per heavy atom. The molecule has 1 aromatic heterocycles. The van der Waals surface area contributed by atoms with Crippen LogP contribution < -0.4 is 4.90 Å². The van der Waals surface area contributed by atoms with Gasteiger partial charge in [-0.25, -0.2) is 0 Å². The molecule has 0 atom stereocenters. The van der Waals surface area contributed by atoms with E-state index in [0.717, 1.165) is 17.1 Å². The summed E-state index contributed by atoms with van der Waals surface area (Å²) in [5.74, 6) is 0. The van der Waals surface area contributed by atoms with Crippen LogP contribution in [0.4, 0.5) is 17.1 Å². The molecule has 11 aromatic carbocycles. The van der Waals surface area contributed by atoms with Gasteiger partial charge in [-0.2, -0.15) is 0 Å². The van der Waals surface area contributed by atoms with Crippen LogP contribution in [0.25, 0.3) is 75.5 Å². The molecule has 0 fully saturated rings. The Labute approximate surface area is 395 Å². The molecule has 0 saturated heterocycles. The molecule has 2 heteroatoms. The Morgan fingerprint density at radius 1 is 0.313 bits per heavy atom. The van der Waals surface area contributed by atoms with E-state index in [-0.39, 0.29) is 0 Å². The molecular weight excluding hydrogens is 827 g/mol. The molecule has 314 valence electrons. The lowest BCUT2D eigenvalue weighted by Crippen LogP contribution is -2.28. The van der Waals surface area contributed by atoms with Crippen molar-refractivity contribution in [2.75, 3.05) is 4.90 Å². The first-order valence-electron chi connectivity index (χ1n) is 23.1. The van der Waals surface area contributed by atoms with Gasteiger partial charge in [0, 0.05) is 37.0 Å². The molecule has 1 aliphatic carbocycles. The monoisotopic (exact) mass is 869 g/mol. The quantitative estimate of drug-likeness (QED) is 0.147. The summed E-state index contributed by atoms with van der Waals surface area (Å²) >= 11 is 1.86. The predicted octanol–water partition coefficient (Wildman–Crippen LogP) is 18.0. The van der Waals surface area contributed by atoms with Gasteiger partial charge in [0.1, 0.15) is 0 Å². The maximum atomic E-state index is 2.52. The lowest BCUT2D eigenvalue weighted by molar-refractivity contribution is 0.768. The van der Waals surface area contributed by atoms with Crippen molar-refractivity contribution in [3.63, 3.8) is 0 Å². The summed E-state index contributed by atoms with van der Waals surface area (Å²) < 4.78 is 2.61. The minimum absolute atomic E-state index is 0.528. The smallest absolute Gasteiger partial charge is 0.0714 e. The maximum Gasteiger partial charge on any atom is 0.0714 e. The molecule has 0 bridgehead atoms. The molecule has 13 rings (SSSR count). The number of rotatable bonds is 8. The van der Waals surface area contributed by atoms with Crippen LogP contribution in [0.3, 0.4) is 0 Å². The van der Waals surface area contributed by atoms with E-state index >= 15 is 0 Å². The van der Waals surface area contributed by atoms with Crippen molar-refractivity contribution in [2.45, 2.75) is 5.41 Å². The number of anilines is 3. The fourth-order valence-corrected chi connectivity index (χ4v) is 12.1. The molecule has 0 unspecified atom stereocenters. The molecule has 1 heterocycles. The van der Waals surface area contributed by atoms with Gasteiger partial charge in [0.15, 0.2) is 0 Å². The van der Waals surface area contributed by atoms with Gasteiger partial charge in [-0.3, -0.25) is 0 Å². The van der Waals surface area contributed by atoms with Crippen LogP contribution in [0.15, 0.2) is 261 Å². The highest BCUT2D eigenvalue weighted by Gasteiger charge is 2.47. The summed E-state index contributed by atoms with van der Waals surface area (Å²) in [6, 6.07) is 96.4. The van der Waals surface area contributed by atoms with Crippen LogP contribution in [0.2, 0.25) is 0 Å². The van der Waals surface area contributed by atoms with E-state index in [9.17, 15) is 0 Å². The van der Waals surface area contributed by atoms with Crippen LogP contribution >= 0.6 is 11.3 Å². The third kappa shape index (κ3) is 6.29. The molecule has 0 amide bonds. The highest BCUT2D eigenvalue weighted by Crippen LogP contribution is 2.60. The Bertz CT molecular complexity index is 3760. The third-order valence-corrected chi connectivity index (χ3v) is 15.1. The second-order valence-electron chi connectivity index (χ2n) is 17.5. The van der Waals surface area contributed by atoms with Crippen molar-refractivity contribution in [3.8, 4) is 44.5 Å². The van der Waals surface area contributed by atoms with Crippen molar-refractivity contribution in [1.29, 1.82) is 0 Å². The van der Waals surface area contributed by atoms with Crippen molar-refractivity contribution >= 4 is 59.3 Å². The van der Waals surface area contributed by atoms with Crippen LogP contribution in [0.5, 0.6) is 0 Å². The third-order valence-electron chi connectivity index (χ3n) is 14.0. The van der Waals surface area contributed by atoms with Gasteiger partial charge in [-0.1, -0.05) is 212 Å². The first kappa shape index (κ1) is 39.1. The van der Waals surface area contributed by atoms with Gasteiger partial charge >= 0.3 is 0 Å². The topological polar surface area (TPSA) is 3.24 Å². The number of fused-ring (bicyclic) bond motifs is 7. The van der Waals surface area contributed by atoms with Gasteiger partial charge in [0.25, 0.3) is 0 Å². The van der Waals surface area contributed by atoms with E-state index in [0.29, 0.717) is 0 Å². The fraction of sp³-hybridized carbons (Fsp3) is 0.0154. The molecule has 0 radical (unpaired) electrons. The standard InChI is InChI=1S/C65H43NS/c1-3-22-49(23-4-1)65(50-24-5-2-6-25-50)58-31-12-9-29-56(58)64-59(65)32-17-34-61(64)66(60-33-13-10-27-54(60)48-38-41-63-57(43-48)55-28-11-14-35-62(55)67-63)51-39-36-44(37-40-51)46-20-15-21-47(42-46)53-30-16-19-45-18-7-8-26-52(45)53/h1-43H. The average molecular weight is 870 g/mol. The zero-order valence-corrected chi connectivity index (χ0v) is 37.5. The Kier molecular flexibility index (Phi) is 9.33. The second-order valence-corrected chi connectivity index (χ2v) is 18.6. The summed E-state index contributed by atoms with van der Waals surface area (Å²) in [5.41, 5.74) is 17.6. The highest BCUT2D eigenvalue weighted by molar-refractivity contribution is 7.25. The molecule has 12 aromatic rings. The minimum atomic E-state index is -0.528. The zero-order valence-electron chi connectivity index (χ0n) is 36.7. The first-order chi connectivity index (χ1) is 33.2. The van der Waals surface area contributed by atoms with Crippen LogP contribution in [-0.4, -0.2) is 0 Å². The SMILES string of the molecule is c1ccc(C2(c3ccccc3)c3ccccc3-c3c(N(c4ccc(-c5cccc(-c6cccc7ccccc67)c5)cc4)c4ccccc4-c4ccc5sc6ccccc6c5c4)cccc32)cc1. The Morgan fingerprint density at radius 3 is 1.69 bits per heavy atom. The fourth-order valence-electron chi connectivity index (χ4n) is 11.0. The van der Waals surface area contributed by atoms with E-state index in [1.165, 1.54) is 97.7 Å². The summed E-state index contributed by atoms with van der Waals surface area (Å²) in [6.07, 6.45) is 0. The molecule has 0 aliphatic heterocycles. The van der Waals surface area contributed by atoms with Crippen LogP contribution in [-0.2, 0) is 5.41 Å². The average Bonchev–Trinajstić information content (AvgIpc) is 3.93. The molecule has 0 spiro atoms. The van der Waals surface area contributed by atoms with Crippen LogP contribution in [0.1, 0.15) is 22.3 Å². The zero-order chi connectivity index (χ0) is 44.3. The molecule has 67 heavy (non-hydrogen) atoms. The summed E-state index contributed by atoms with van der Waals surface area (Å²) in [4.78, 5) is 2.52. The molecule has 1 aliphatic rings. The highest BCUT2D eigenvalue weighted by atomic mass is 32.1. The van der Waals surface area contributed by atoms with E-state index in [1.54, 1.807) is 0 Å². The molecular formula is C65H43NS. The van der Waals surface area contributed by atoms with Crippen molar-refractivity contribution in [2.24, 2.45) is 0 Å². The number of benzene rings is 11. The second kappa shape index (κ2) is 16.0. The molecule has 0 N–H and O–H groups in total. The summed E-state index contributed by atoms with van der Waals surface area (Å²) in [6.45, 7) is 0. The van der Waals surface area contributed by atoms with Gasteiger partial charge in [0.05, 0.1) is 16.8 Å². The van der Waals surface area contributed by atoms with Gasteiger partial charge in [0.2, 0.25) is 0 Å². The number of nitrogens with zero attached hydrogens (tertiary/aromatic N) is 1. The van der Waals surface area contributed by atoms with E-state index < -0.39 is 5.41 Å². The lowest BCUT2D eigenvalue weighted by Gasteiger charge is -2.34. The van der Waals surface area contributed by atoms with E-state index in [4.69, 9.17) is 0 Å². The first-order valence-corrected chi connectivity index (χ1v) is 23.9. The Balaban J connectivity index is 1.03. The van der Waals surface area contributed by atoms with E-state index in [2.05, 4.69) is 266 Å². The van der Waals surface area contributed by atoms with Gasteiger partial charge < -0.3 is 4.90 Å². The van der Waals surface area contributed by atoms with Crippen LogP contribution in [0, 0.1) is 0 Å². The summed E-state index contributed by atoms with van der Waals surface area (Å²) in [5, 5.41) is 5.10.